The summed E-state index contributed by atoms with van der Waals surface area (Å²) in [5.74, 6) is -1.71. The van der Waals surface area contributed by atoms with Gasteiger partial charge in [0, 0.05) is 0 Å². The van der Waals surface area contributed by atoms with Gasteiger partial charge in [-0.3, -0.25) is 4.79 Å². The lowest BCUT2D eigenvalue weighted by atomic mass is 10.0. The number of halogens is 2. The van der Waals surface area contributed by atoms with Crippen molar-refractivity contribution in [3.8, 4) is 0 Å². The molecule has 0 saturated carbocycles. The number of thioether (sulfide) groups is 1. The van der Waals surface area contributed by atoms with Crippen molar-refractivity contribution in [1.29, 1.82) is 0 Å². The van der Waals surface area contributed by atoms with Gasteiger partial charge in [-0.25, -0.2) is 8.78 Å². The van der Waals surface area contributed by atoms with Gasteiger partial charge in [-0.05, 0) is 35.4 Å². The summed E-state index contributed by atoms with van der Waals surface area (Å²) in [6.45, 7) is 0. The second kappa shape index (κ2) is 6.52. The summed E-state index contributed by atoms with van der Waals surface area (Å²) < 4.78 is 25.9. The first-order valence-electron chi connectivity index (χ1n) is 5.90. The van der Waals surface area contributed by atoms with Crippen LogP contribution < -0.4 is 0 Å². The highest BCUT2D eigenvalue weighted by molar-refractivity contribution is 8.00. The summed E-state index contributed by atoms with van der Waals surface area (Å²) >= 11 is 1.20. The minimum Gasteiger partial charge on any atom is -0.481 e. The molecule has 0 heterocycles. The molecule has 0 atom stereocenters. The van der Waals surface area contributed by atoms with Crippen LogP contribution in [-0.4, -0.2) is 16.8 Å². The van der Waals surface area contributed by atoms with Crippen LogP contribution in [0.25, 0.3) is 0 Å². The van der Waals surface area contributed by atoms with E-state index in [-0.39, 0.29) is 22.6 Å². The van der Waals surface area contributed by atoms with Crippen molar-refractivity contribution in [3.05, 3.63) is 71.3 Å². The summed E-state index contributed by atoms with van der Waals surface area (Å²) in [6, 6.07) is 11.7. The molecule has 20 heavy (non-hydrogen) atoms. The molecule has 0 amide bonds. The molecule has 1 N–H and O–H groups in total. The van der Waals surface area contributed by atoms with Crippen LogP contribution in [0.15, 0.2) is 48.5 Å². The molecule has 0 aliphatic carbocycles. The van der Waals surface area contributed by atoms with Crippen molar-refractivity contribution in [2.75, 3.05) is 5.75 Å². The van der Waals surface area contributed by atoms with Crippen molar-refractivity contribution < 1.29 is 18.7 Å². The van der Waals surface area contributed by atoms with Gasteiger partial charge in [0.05, 0.1) is 11.0 Å². The topological polar surface area (TPSA) is 37.3 Å². The molecule has 104 valence electrons. The Morgan fingerprint density at radius 3 is 1.70 bits per heavy atom. The molecule has 2 aromatic carbocycles. The molecule has 0 aliphatic rings. The van der Waals surface area contributed by atoms with E-state index in [1.54, 1.807) is 24.3 Å². The zero-order chi connectivity index (χ0) is 14.5. The van der Waals surface area contributed by atoms with E-state index >= 15 is 0 Å². The molecule has 5 heteroatoms. The summed E-state index contributed by atoms with van der Waals surface area (Å²) in [4.78, 5) is 10.7. The van der Waals surface area contributed by atoms with Crippen molar-refractivity contribution in [2.24, 2.45) is 0 Å². The lowest BCUT2D eigenvalue weighted by Gasteiger charge is -2.16. The Hall–Kier alpha value is -1.88. The second-order valence-corrected chi connectivity index (χ2v) is 5.28. The molecular formula is C15H12F2O2S. The summed E-state index contributed by atoms with van der Waals surface area (Å²) in [5, 5.41) is 8.53. The van der Waals surface area contributed by atoms with E-state index in [0.29, 0.717) is 0 Å². The Kier molecular flexibility index (Phi) is 4.74. The van der Waals surface area contributed by atoms with Crippen LogP contribution in [0.5, 0.6) is 0 Å². The third-order valence-electron chi connectivity index (χ3n) is 2.72. The molecular weight excluding hydrogens is 282 g/mol. The lowest BCUT2D eigenvalue weighted by molar-refractivity contribution is -0.133. The summed E-state index contributed by atoms with van der Waals surface area (Å²) in [6.07, 6.45) is 0. The van der Waals surface area contributed by atoms with Crippen molar-refractivity contribution in [2.45, 2.75) is 5.25 Å². The quantitative estimate of drug-likeness (QED) is 0.909. The molecule has 2 aromatic rings. The number of aliphatic carboxylic acids is 1. The van der Waals surface area contributed by atoms with Gasteiger partial charge < -0.3 is 5.11 Å². The smallest absolute Gasteiger partial charge is 0.313 e. The predicted octanol–water partition coefficient (Wildman–Crippen LogP) is 3.87. The van der Waals surface area contributed by atoms with E-state index in [1.807, 2.05) is 0 Å². The average molecular weight is 294 g/mol. The number of carbonyl (C=O) groups is 1. The van der Waals surface area contributed by atoms with Crippen molar-refractivity contribution in [3.63, 3.8) is 0 Å². The first kappa shape index (κ1) is 14.5. The maximum atomic E-state index is 13.0. The van der Waals surface area contributed by atoms with Crippen molar-refractivity contribution >= 4 is 17.7 Å². The number of benzene rings is 2. The first-order chi connectivity index (χ1) is 9.56. The SMILES string of the molecule is O=C(O)CSC(c1ccc(F)cc1)c1ccc(F)cc1. The third-order valence-corrected chi connectivity index (χ3v) is 4.01. The highest BCUT2D eigenvalue weighted by Gasteiger charge is 2.16. The fourth-order valence-corrected chi connectivity index (χ4v) is 2.82. The van der Waals surface area contributed by atoms with Crippen LogP contribution in [0.4, 0.5) is 8.78 Å². The Morgan fingerprint density at radius 2 is 1.35 bits per heavy atom. The predicted molar refractivity (Wildman–Crippen MR) is 74.7 cm³/mol. The Bertz CT molecular complexity index is 536. The number of rotatable bonds is 5. The monoisotopic (exact) mass is 294 g/mol. The van der Waals surface area contributed by atoms with Crippen LogP contribution in [0.3, 0.4) is 0 Å². The van der Waals surface area contributed by atoms with Gasteiger partial charge in [-0.15, -0.1) is 11.8 Å². The van der Waals surface area contributed by atoms with E-state index in [1.165, 1.54) is 36.0 Å². The van der Waals surface area contributed by atoms with Crippen LogP contribution >= 0.6 is 11.8 Å². The minimum absolute atomic E-state index is 0.0839. The number of hydrogen-bond donors (Lipinski definition) is 1. The Labute approximate surface area is 119 Å². The zero-order valence-corrected chi connectivity index (χ0v) is 11.2. The van der Waals surface area contributed by atoms with Gasteiger partial charge in [-0.1, -0.05) is 24.3 Å². The number of carboxylic acids is 1. The van der Waals surface area contributed by atoms with Gasteiger partial charge >= 0.3 is 5.97 Å². The maximum Gasteiger partial charge on any atom is 0.313 e. The second-order valence-electron chi connectivity index (χ2n) is 4.19. The summed E-state index contributed by atoms with van der Waals surface area (Å²) in [5.41, 5.74) is 1.56. The highest BCUT2D eigenvalue weighted by atomic mass is 32.2. The molecule has 0 aromatic heterocycles. The largest absolute Gasteiger partial charge is 0.481 e. The van der Waals surface area contributed by atoms with Crippen molar-refractivity contribution in [1.82, 2.24) is 0 Å². The third kappa shape index (κ3) is 3.81. The summed E-state index contributed by atoms with van der Waals surface area (Å²) in [7, 11) is 0. The minimum atomic E-state index is -0.927. The van der Waals surface area contributed by atoms with Gasteiger partial charge in [0.1, 0.15) is 11.6 Å². The normalized spacial score (nSPS) is 10.8. The fourth-order valence-electron chi connectivity index (χ4n) is 1.81. The number of hydrogen-bond acceptors (Lipinski definition) is 2. The van der Waals surface area contributed by atoms with E-state index in [9.17, 15) is 13.6 Å². The Balaban J connectivity index is 2.30. The van der Waals surface area contributed by atoms with E-state index < -0.39 is 5.97 Å². The zero-order valence-electron chi connectivity index (χ0n) is 10.4. The van der Waals surface area contributed by atoms with Crippen LogP contribution in [0.1, 0.15) is 16.4 Å². The molecule has 0 saturated heterocycles. The number of carboxylic acid groups (broad SMARTS) is 1. The van der Waals surface area contributed by atoms with Crippen LogP contribution in [-0.2, 0) is 4.79 Å². The van der Waals surface area contributed by atoms with Gasteiger partial charge in [0.25, 0.3) is 0 Å². The average Bonchev–Trinajstić information content (AvgIpc) is 2.42. The molecule has 0 radical (unpaired) electrons. The van der Waals surface area contributed by atoms with Gasteiger partial charge in [0.2, 0.25) is 0 Å². The van der Waals surface area contributed by atoms with E-state index in [2.05, 4.69) is 0 Å². The van der Waals surface area contributed by atoms with E-state index in [4.69, 9.17) is 5.11 Å². The van der Waals surface area contributed by atoms with E-state index in [0.717, 1.165) is 11.1 Å². The fraction of sp³-hybridized carbons (Fsp3) is 0.133. The van der Waals surface area contributed by atoms with Crippen LogP contribution in [0.2, 0.25) is 0 Å². The molecule has 0 aliphatic heterocycles. The standard InChI is InChI=1S/C15H12F2O2S/c16-12-5-1-10(2-6-12)15(20-9-14(18)19)11-3-7-13(17)8-4-11/h1-8,15H,9H2,(H,18,19). The molecule has 2 nitrogen and oxygen atoms in total. The molecule has 2 rings (SSSR count). The molecule has 0 bridgehead atoms. The lowest BCUT2D eigenvalue weighted by Crippen LogP contribution is -2.04. The molecule has 0 spiro atoms. The highest BCUT2D eigenvalue weighted by Crippen LogP contribution is 2.35. The maximum absolute atomic E-state index is 13.0. The van der Waals surface area contributed by atoms with Gasteiger partial charge in [-0.2, -0.15) is 0 Å². The molecule has 0 fully saturated rings. The Morgan fingerprint density at radius 1 is 0.950 bits per heavy atom. The first-order valence-corrected chi connectivity index (χ1v) is 6.95. The van der Waals surface area contributed by atoms with Gasteiger partial charge in [0.15, 0.2) is 0 Å². The molecule has 0 unspecified atom stereocenters. The van der Waals surface area contributed by atoms with Crippen LogP contribution in [0, 0.1) is 11.6 Å².